The number of rotatable bonds is 7. The maximum Gasteiger partial charge on any atom is 0.307 e. The Bertz CT molecular complexity index is 546. The number of aliphatic carboxylic acids is 1. The highest BCUT2D eigenvalue weighted by Gasteiger charge is 2.18. The highest BCUT2D eigenvalue weighted by molar-refractivity contribution is 5.94. The van der Waals surface area contributed by atoms with Gasteiger partial charge < -0.3 is 10.4 Å². The van der Waals surface area contributed by atoms with Crippen molar-refractivity contribution < 1.29 is 19.6 Å². The molecule has 1 aromatic carbocycles. The minimum absolute atomic E-state index is 0.0519. The average Bonchev–Trinajstić information content (AvgIpc) is 2.38. The molecular weight excluding hydrogens is 278 g/mol. The van der Waals surface area contributed by atoms with Crippen LogP contribution in [-0.4, -0.2) is 46.9 Å². The van der Waals surface area contributed by atoms with Crippen molar-refractivity contribution in [2.75, 3.05) is 25.5 Å². The summed E-state index contributed by atoms with van der Waals surface area (Å²) in [6.07, 6.45) is 0. The van der Waals surface area contributed by atoms with E-state index in [0.29, 0.717) is 0 Å². The molecular formula is C13H17N3O5. The number of nitro benzene ring substituents is 1. The van der Waals surface area contributed by atoms with Crippen LogP contribution >= 0.6 is 0 Å². The number of hydrogen-bond donors (Lipinski definition) is 2. The number of nitro groups is 1. The van der Waals surface area contributed by atoms with Gasteiger partial charge in [0, 0.05) is 12.6 Å². The second-order valence-electron chi connectivity index (χ2n) is 4.76. The first-order chi connectivity index (χ1) is 9.81. The van der Waals surface area contributed by atoms with Crippen molar-refractivity contribution in [3.05, 3.63) is 34.4 Å². The monoisotopic (exact) mass is 295 g/mol. The number of likely N-dealkylation sites (N-methyl/N-ethyl adjacent to an activating group) is 1. The molecule has 2 N–H and O–H groups in total. The molecule has 0 aliphatic rings. The van der Waals surface area contributed by atoms with Gasteiger partial charge in [-0.15, -0.1) is 0 Å². The maximum absolute atomic E-state index is 11.8. The van der Waals surface area contributed by atoms with Crippen LogP contribution in [0.25, 0.3) is 0 Å². The predicted molar refractivity (Wildman–Crippen MR) is 76.0 cm³/mol. The Labute approximate surface area is 121 Å². The minimum atomic E-state index is -0.944. The van der Waals surface area contributed by atoms with Crippen molar-refractivity contribution in [2.45, 2.75) is 6.92 Å². The molecule has 0 heterocycles. The molecule has 1 unspecified atom stereocenters. The van der Waals surface area contributed by atoms with E-state index < -0.39 is 22.7 Å². The van der Waals surface area contributed by atoms with E-state index in [9.17, 15) is 19.7 Å². The lowest BCUT2D eigenvalue weighted by Crippen LogP contribution is -2.35. The molecule has 8 nitrogen and oxygen atoms in total. The number of carboxylic acid groups (broad SMARTS) is 1. The molecule has 114 valence electrons. The highest BCUT2D eigenvalue weighted by atomic mass is 16.6. The second kappa shape index (κ2) is 7.34. The molecule has 1 atom stereocenters. The van der Waals surface area contributed by atoms with Gasteiger partial charge in [0.05, 0.1) is 17.4 Å². The third kappa shape index (κ3) is 5.19. The van der Waals surface area contributed by atoms with E-state index in [4.69, 9.17) is 5.11 Å². The molecule has 0 spiro atoms. The third-order valence-electron chi connectivity index (χ3n) is 2.80. The number of hydrogen-bond acceptors (Lipinski definition) is 5. The van der Waals surface area contributed by atoms with Crippen molar-refractivity contribution in [1.29, 1.82) is 0 Å². The number of anilines is 1. The molecule has 0 bridgehead atoms. The van der Waals surface area contributed by atoms with E-state index in [0.717, 1.165) is 0 Å². The number of carboxylic acids is 1. The largest absolute Gasteiger partial charge is 0.481 e. The summed E-state index contributed by atoms with van der Waals surface area (Å²) in [4.78, 5) is 34.3. The molecule has 0 fully saturated rings. The molecule has 1 aromatic rings. The first-order valence-corrected chi connectivity index (χ1v) is 6.26. The standard InChI is InChI=1S/C13H17N3O5/c1-9(13(18)19)7-15(2)8-12(17)14-10-5-3-4-6-11(10)16(20)21/h3-6,9H,7-8H2,1-2H3,(H,14,17)(H,18,19). The van der Waals surface area contributed by atoms with Crippen LogP contribution in [0.2, 0.25) is 0 Å². The Morgan fingerprint density at radius 2 is 2.05 bits per heavy atom. The van der Waals surface area contributed by atoms with Gasteiger partial charge in [-0.1, -0.05) is 19.1 Å². The van der Waals surface area contributed by atoms with E-state index in [1.807, 2.05) is 0 Å². The Balaban J connectivity index is 2.62. The number of nitrogens with zero attached hydrogens (tertiary/aromatic N) is 2. The predicted octanol–water partition coefficient (Wildman–Crippen LogP) is 1.19. The van der Waals surface area contributed by atoms with Gasteiger partial charge in [-0.05, 0) is 13.1 Å². The molecule has 0 aliphatic heterocycles. The van der Waals surface area contributed by atoms with Crippen LogP contribution < -0.4 is 5.32 Å². The van der Waals surface area contributed by atoms with Gasteiger partial charge in [-0.25, -0.2) is 0 Å². The van der Waals surface area contributed by atoms with E-state index in [1.54, 1.807) is 24.9 Å². The SMILES string of the molecule is CC(CN(C)CC(=O)Nc1ccccc1[N+](=O)[O-])C(=O)O. The fourth-order valence-corrected chi connectivity index (χ4v) is 1.78. The number of carbonyl (C=O) groups excluding carboxylic acids is 1. The van der Waals surface area contributed by atoms with E-state index in [-0.39, 0.29) is 24.5 Å². The summed E-state index contributed by atoms with van der Waals surface area (Å²) in [5.74, 6) is -1.99. The average molecular weight is 295 g/mol. The van der Waals surface area contributed by atoms with E-state index in [2.05, 4.69) is 5.32 Å². The highest BCUT2D eigenvalue weighted by Crippen LogP contribution is 2.22. The lowest BCUT2D eigenvalue weighted by atomic mass is 10.2. The summed E-state index contributed by atoms with van der Waals surface area (Å²) < 4.78 is 0. The van der Waals surface area contributed by atoms with Crippen LogP contribution in [-0.2, 0) is 9.59 Å². The summed E-state index contributed by atoms with van der Waals surface area (Å²) in [5.41, 5.74) is -0.0698. The Morgan fingerprint density at radius 1 is 1.43 bits per heavy atom. The van der Waals surface area contributed by atoms with Crippen LogP contribution in [0.1, 0.15) is 6.92 Å². The fourth-order valence-electron chi connectivity index (χ4n) is 1.78. The van der Waals surface area contributed by atoms with Gasteiger partial charge in [-0.2, -0.15) is 0 Å². The lowest BCUT2D eigenvalue weighted by molar-refractivity contribution is -0.383. The molecule has 8 heteroatoms. The first-order valence-electron chi connectivity index (χ1n) is 6.26. The van der Waals surface area contributed by atoms with Crippen molar-refractivity contribution in [3.63, 3.8) is 0 Å². The van der Waals surface area contributed by atoms with E-state index >= 15 is 0 Å². The summed E-state index contributed by atoms with van der Waals surface area (Å²) in [7, 11) is 1.61. The van der Waals surface area contributed by atoms with Crippen LogP contribution in [0.4, 0.5) is 11.4 Å². The van der Waals surface area contributed by atoms with Gasteiger partial charge >= 0.3 is 5.97 Å². The number of carbonyl (C=O) groups is 2. The lowest BCUT2D eigenvalue weighted by Gasteiger charge is -2.18. The molecule has 0 aliphatic carbocycles. The quantitative estimate of drug-likeness (QED) is 0.577. The molecule has 0 saturated carbocycles. The molecule has 0 aromatic heterocycles. The van der Waals surface area contributed by atoms with Crippen molar-refractivity contribution in [2.24, 2.45) is 5.92 Å². The molecule has 0 saturated heterocycles. The number of amides is 1. The van der Waals surface area contributed by atoms with Gasteiger partial charge in [-0.3, -0.25) is 24.6 Å². The summed E-state index contributed by atoms with van der Waals surface area (Å²) in [5, 5.41) is 22.1. The maximum atomic E-state index is 11.8. The molecule has 0 radical (unpaired) electrons. The Hall–Kier alpha value is -2.48. The van der Waals surface area contributed by atoms with Crippen LogP contribution in [0.3, 0.4) is 0 Å². The van der Waals surface area contributed by atoms with E-state index in [1.165, 1.54) is 18.2 Å². The molecule has 21 heavy (non-hydrogen) atoms. The van der Waals surface area contributed by atoms with Gasteiger partial charge in [0.1, 0.15) is 5.69 Å². The molecule has 1 rings (SSSR count). The topological polar surface area (TPSA) is 113 Å². The first kappa shape index (κ1) is 16.6. The van der Waals surface area contributed by atoms with Gasteiger partial charge in [0.25, 0.3) is 5.69 Å². The fraction of sp³-hybridized carbons (Fsp3) is 0.385. The zero-order chi connectivity index (χ0) is 16.0. The summed E-state index contributed by atoms with van der Waals surface area (Å²) in [6, 6.07) is 5.83. The van der Waals surface area contributed by atoms with Crippen LogP contribution in [0.5, 0.6) is 0 Å². The molecule has 1 amide bonds. The summed E-state index contributed by atoms with van der Waals surface area (Å²) >= 11 is 0. The van der Waals surface area contributed by atoms with Gasteiger partial charge in [0.15, 0.2) is 0 Å². The smallest absolute Gasteiger partial charge is 0.307 e. The zero-order valence-electron chi connectivity index (χ0n) is 11.8. The summed E-state index contributed by atoms with van der Waals surface area (Å²) in [6.45, 7) is 1.70. The second-order valence-corrected chi connectivity index (χ2v) is 4.76. The van der Waals surface area contributed by atoms with Crippen LogP contribution in [0, 0.1) is 16.0 Å². The Morgan fingerprint density at radius 3 is 2.62 bits per heavy atom. The van der Waals surface area contributed by atoms with Crippen molar-refractivity contribution >= 4 is 23.3 Å². The van der Waals surface area contributed by atoms with Crippen molar-refractivity contribution in [1.82, 2.24) is 4.90 Å². The zero-order valence-corrected chi connectivity index (χ0v) is 11.8. The number of para-hydroxylation sites is 2. The Kier molecular flexibility index (Phi) is 5.79. The van der Waals surface area contributed by atoms with Crippen molar-refractivity contribution in [3.8, 4) is 0 Å². The van der Waals surface area contributed by atoms with Crippen LogP contribution in [0.15, 0.2) is 24.3 Å². The normalized spacial score (nSPS) is 12.0. The number of benzene rings is 1. The van der Waals surface area contributed by atoms with Gasteiger partial charge in [0.2, 0.25) is 5.91 Å². The number of nitrogens with one attached hydrogen (secondary N) is 1. The third-order valence-corrected chi connectivity index (χ3v) is 2.80. The minimum Gasteiger partial charge on any atom is -0.481 e.